The van der Waals surface area contributed by atoms with Gasteiger partial charge in [-0.15, -0.1) is 0 Å². The molecule has 0 aliphatic carbocycles. The van der Waals surface area contributed by atoms with E-state index in [1.54, 1.807) is 29.2 Å². The Morgan fingerprint density at radius 1 is 0.919 bits per heavy atom. The summed E-state index contributed by atoms with van der Waals surface area (Å²) in [6.07, 6.45) is 0. The fraction of sp³-hybridized carbons (Fsp3) is 0.296. The maximum Gasteiger partial charge on any atom is 0.247 e. The van der Waals surface area contributed by atoms with Crippen LogP contribution in [0.1, 0.15) is 5.56 Å². The summed E-state index contributed by atoms with van der Waals surface area (Å²) >= 11 is 0. The molecule has 10 heteroatoms. The van der Waals surface area contributed by atoms with Crippen molar-refractivity contribution in [3.8, 4) is 11.5 Å². The van der Waals surface area contributed by atoms with Crippen LogP contribution in [-0.4, -0.2) is 70.5 Å². The molecule has 3 aromatic rings. The zero-order valence-corrected chi connectivity index (χ0v) is 21.7. The van der Waals surface area contributed by atoms with E-state index >= 15 is 0 Å². The van der Waals surface area contributed by atoms with Crippen LogP contribution in [0.4, 0.5) is 10.1 Å². The largest absolute Gasteiger partial charge is 0.497 e. The van der Waals surface area contributed by atoms with Gasteiger partial charge in [-0.2, -0.15) is 4.31 Å². The topological polar surface area (TPSA) is 79.4 Å². The quantitative estimate of drug-likeness (QED) is 0.425. The minimum atomic E-state index is -4.15. The van der Waals surface area contributed by atoms with Crippen molar-refractivity contribution in [2.24, 2.45) is 0 Å². The number of carbonyl (C=O) groups excluding carboxylic acids is 1. The van der Waals surface area contributed by atoms with Crippen molar-refractivity contribution in [3.63, 3.8) is 0 Å². The average Bonchev–Trinajstić information content (AvgIpc) is 2.93. The van der Waals surface area contributed by atoms with Crippen molar-refractivity contribution in [2.45, 2.75) is 11.4 Å². The third-order valence-corrected chi connectivity index (χ3v) is 8.14. The number of amides is 1. The summed E-state index contributed by atoms with van der Waals surface area (Å²) in [6, 6.07) is 20.1. The molecule has 0 atom stereocenters. The van der Waals surface area contributed by atoms with Gasteiger partial charge in [-0.3, -0.25) is 4.79 Å². The fourth-order valence-corrected chi connectivity index (χ4v) is 5.84. The van der Waals surface area contributed by atoms with Crippen molar-refractivity contribution < 1.29 is 27.1 Å². The molecule has 1 amide bonds. The van der Waals surface area contributed by atoms with Gasteiger partial charge in [-0.1, -0.05) is 42.5 Å². The van der Waals surface area contributed by atoms with Gasteiger partial charge in [-0.25, -0.2) is 12.8 Å². The molecular formula is C27H30FN3O5S. The predicted molar refractivity (Wildman–Crippen MR) is 139 cm³/mol. The zero-order valence-electron chi connectivity index (χ0n) is 20.8. The van der Waals surface area contributed by atoms with E-state index < -0.39 is 10.0 Å². The number of ether oxygens (including phenoxy) is 2. The molecule has 0 aromatic heterocycles. The summed E-state index contributed by atoms with van der Waals surface area (Å²) in [6.45, 7) is 1.26. The number of anilines is 1. The molecule has 196 valence electrons. The van der Waals surface area contributed by atoms with E-state index in [4.69, 9.17) is 9.47 Å². The van der Waals surface area contributed by atoms with Gasteiger partial charge < -0.3 is 19.3 Å². The van der Waals surface area contributed by atoms with Gasteiger partial charge in [-0.05, 0) is 29.8 Å². The summed E-state index contributed by atoms with van der Waals surface area (Å²) in [5, 5.41) is 0. The van der Waals surface area contributed by atoms with Gasteiger partial charge in [0.05, 0.1) is 26.5 Å². The Morgan fingerprint density at radius 2 is 1.59 bits per heavy atom. The first-order valence-electron chi connectivity index (χ1n) is 11.9. The van der Waals surface area contributed by atoms with Crippen LogP contribution < -0.4 is 14.4 Å². The molecule has 37 heavy (non-hydrogen) atoms. The number of methoxy groups -OCH3 is 2. The summed E-state index contributed by atoms with van der Waals surface area (Å²) in [5.74, 6) is -0.122. The first-order chi connectivity index (χ1) is 17.8. The maximum absolute atomic E-state index is 14.2. The predicted octanol–water partition coefficient (Wildman–Crippen LogP) is 3.38. The minimum Gasteiger partial charge on any atom is -0.497 e. The van der Waals surface area contributed by atoms with Gasteiger partial charge in [0, 0.05) is 38.8 Å². The number of nitrogens with zero attached hydrogens (tertiary/aromatic N) is 3. The Bertz CT molecular complexity index is 1330. The number of rotatable bonds is 9. The van der Waals surface area contributed by atoms with Crippen molar-refractivity contribution in [3.05, 3.63) is 84.2 Å². The highest BCUT2D eigenvalue weighted by molar-refractivity contribution is 7.89. The Hall–Kier alpha value is -3.63. The first-order valence-corrected chi connectivity index (χ1v) is 13.3. The highest BCUT2D eigenvalue weighted by Crippen LogP contribution is 2.31. The molecule has 0 unspecified atom stereocenters. The van der Waals surface area contributed by atoms with Crippen LogP contribution in [0.5, 0.6) is 11.5 Å². The Balaban J connectivity index is 1.56. The second-order valence-corrected chi connectivity index (χ2v) is 10.5. The summed E-state index contributed by atoms with van der Waals surface area (Å²) in [5.41, 5.74) is 1.23. The second-order valence-electron chi connectivity index (χ2n) is 8.59. The number of piperazine rings is 1. The summed E-state index contributed by atoms with van der Waals surface area (Å²) < 4.78 is 53.6. The third kappa shape index (κ3) is 6.03. The monoisotopic (exact) mass is 527 g/mol. The van der Waals surface area contributed by atoms with Gasteiger partial charge in [0.15, 0.2) is 0 Å². The number of para-hydroxylation sites is 1. The Morgan fingerprint density at radius 3 is 2.24 bits per heavy atom. The van der Waals surface area contributed by atoms with Crippen molar-refractivity contribution >= 4 is 21.6 Å². The van der Waals surface area contributed by atoms with Crippen molar-refractivity contribution in [1.29, 1.82) is 0 Å². The van der Waals surface area contributed by atoms with E-state index in [2.05, 4.69) is 0 Å². The molecule has 4 rings (SSSR count). The van der Waals surface area contributed by atoms with Crippen LogP contribution >= 0.6 is 0 Å². The van der Waals surface area contributed by atoms with E-state index in [-0.39, 0.29) is 35.5 Å². The average molecular weight is 528 g/mol. The van der Waals surface area contributed by atoms with Gasteiger partial charge in [0.1, 0.15) is 22.2 Å². The summed E-state index contributed by atoms with van der Waals surface area (Å²) in [4.78, 5) is 16.8. The normalized spacial score (nSPS) is 14.1. The highest BCUT2D eigenvalue weighted by Gasteiger charge is 2.32. The first kappa shape index (κ1) is 26.4. The third-order valence-electron chi connectivity index (χ3n) is 6.33. The molecule has 1 heterocycles. The Kier molecular flexibility index (Phi) is 8.30. The lowest BCUT2D eigenvalue weighted by molar-refractivity contribution is -0.131. The number of benzene rings is 3. The van der Waals surface area contributed by atoms with Crippen LogP contribution in [-0.2, 0) is 21.4 Å². The van der Waals surface area contributed by atoms with E-state index in [1.165, 1.54) is 32.4 Å². The fourth-order valence-electron chi connectivity index (χ4n) is 4.29. The van der Waals surface area contributed by atoms with Crippen molar-refractivity contribution in [2.75, 3.05) is 51.8 Å². The number of halogens is 1. The van der Waals surface area contributed by atoms with Crippen LogP contribution in [0.25, 0.3) is 0 Å². The number of hydrogen-bond acceptors (Lipinski definition) is 6. The van der Waals surface area contributed by atoms with E-state index in [0.717, 1.165) is 9.87 Å². The molecule has 1 saturated heterocycles. The number of carbonyl (C=O) groups is 1. The molecule has 3 aromatic carbocycles. The van der Waals surface area contributed by atoms with E-state index in [9.17, 15) is 17.6 Å². The van der Waals surface area contributed by atoms with E-state index in [1.807, 2.05) is 35.2 Å². The Labute approximate surface area is 216 Å². The molecular weight excluding hydrogens is 497 g/mol. The molecule has 0 spiro atoms. The molecule has 0 N–H and O–H groups in total. The lowest BCUT2D eigenvalue weighted by Gasteiger charge is -2.37. The number of hydrogen-bond donors (Lipinski definition) is 0. The lowest BCUT2D eigenvalue weighted by Crippen LogP contribution is -2.52. The molecule has 0 saturated carbocycles. The van der Waals surface area contributed by atoms with E-state index in [0.29, 0.717) is 37.6 Å². The van der Waals surface area contributed by atoms with Crippen LogP contribution in [0, 0.1) is 5.82 Å². The van der Waals surface area contributed by atoms with Crippen LogP contribution in [0.15, 0.2) is 77.7 Å². The standard InChI is InChI=1S/C27H30FN3O5S/c1-35-22-12-13-25(36-2)26(18-22)37(33,34)31(19-21-8-4-3-5-9-21)20-27(32)30-16-14-29(15-17-30)24-11-7-6-10-23(24)28/h3-13,18H,14-17,19-20H2,1-2H3. The molecule has 1 aliphatic heterocycles. The van der Waals surface area contributed by atoms with Crippen LogP contribution in [0.3, 0.4) is 0 Å². The molecule has 1 fully saturated rings. The molecule has 0 bridgehead atoms. The maximum atomic E-state index is 14.2. The minimum absolute atomic E-state index is 0.00443. The van der Waals surface area contributed by atoms with Gasteiger partial charge in [0.2, 0.25) is 15.9 Å². The van der Waals surface area contributed by atoms with Crippen molar-refractivity contribution in [1.82, 2.24) is 9.21 Å². The molecule has 8 nitrogen and oxygen atoms in total. The summed E-state index contributed by atoms with van der Waals surface area (Å²) in [7, 11) is -1.31. The highest BCUT2D eigenvalue weighted by atomic mass is 32.2. The molecule has 0 radical (unpaired) electrons. The smallest absolute Gasteiger partial charge is 0.247 e. The van der Waals surface area contributed by atoms with Crippen LogP contribution in [0.2, 0.25) is 0 Å². The number of sulfonamides is 1. The SMILES string of the molecule is COc1ccc(OC)c(S(=O)(=O)N(CC(=O)N2CCN(c3ccccc3F)CC2)Cc2ccccc2)c1. The molecule has 1 aliphatic rings. The lowest BCUT2D eigenvalue weighted by atomic mass is 10.2. The zero-order chi connectivity index (χ0) is 26.4. The van der Waals surface area contributed by atoms with Gasteiger partial charge >= 0.3 is 0 Å². The van der Waals surface area contributed by atoms with Gasteiger partial charge in [0.25, 0.3) is 0 Å². The second kappa shape index (κ2) is 11.6.